The summed E-state index contributed by atoms with van der Waals surface area (Å²) in [4.78, 5) is 23.9. The first-order chi connectivity index (χ1) is 11.7. The molecule has 5 heteroatoms. The maximum atomic E-state index is 12.0. The van der Waals surface area contributed by atoms with Crippen LogP contribution in [0.25, 0.3) is 0 Å². The molecule has 130 valence electrons. The molecule has 5 nitrogen and oxygen atoms in total. The lowest BCUT2D eigenvalue weighted by Gasteiger charge is -2.22. The van der Waals surface area contributed by atoms with Gasteiger partial charge >= 0.3 is 6.03 Å². The van der Waals surface area contributed by atoms with Crippen molar-refractivity contribution in [2.24, 2.45) is 0 Å². The van der Waals surface area contributed by atoms with Gasteiger partial charge in [-0.1, -0.05) is 37.5 Å². The number of hydrogen-bond donors (Lipinski definition) is 3. The molecule has 0 bridgehead atoms. The summed E-state index contributed by atoms with van der Waals surface area (Å²) in [6.45, 7) is 0.357. The molecule has 2 aliphatic carbocycles. The molecule has 2 saturated carbocycles. The molecule has 0 saturated heterocycles. The number of rotatable bonds is 6. The van der Waals surface area contributed by atoms with E-state index in [-0.39, 0.29) is 11.9 Å². The number of carbonyl (C=O) groups is 2. The van der Waals surface area contributed by atoms with Gasteiger partial charge in [-0.05, 0) is 43.2 Å². The van der Waals surface area contributed by atoms with Crippen LogP contribution in [0.15, 0.2) is 24.3 Å². The molecule has 0 spiro atoms. The SMILES string of the molecule is O=C(CCNC(=O)Nc1ccccc1C1CC1)NC1CCCCC1. The van der Waals surface area contributed by atoms with Gasteiger partial charge in [0.05, 0.1) is 0 Å². The van der Waals surface area contributed by atoms with E-state index in [1.807, 2.05) is 18.2 Å². The van der Waals surface area contributed by atoms with E-state index in [1.165, 1.54) is 37.7 Å². The zero-order chi connectivity index (χ0) is 16.8. The Bertz CT molecular complexity index is 578. The lowest BCUT2D eigenvalue weighted by molar-refractivity contribution is -0.121. The van der Waals surface area contributed by atoms with E-state index < -0.39 is 0 Å². The van der Waals surface area contributed by atoms with E-state index in [9.17, 15) is 9.59 Å². The van der Waals surface area contributed by atoms with Crippen LogP contribution in [0.5, 0.6) is 0 Å². The third kappa shape index (κ3) is 4.98. The third-order valence-corrected chi connectivity index (χ3v) is 4.83. The predicted octanol–water partition coefficient (Wildman–Crippen LogP) is 3.52. The molecule has 0 atom stereocenters. The quantitative estimate of drug-likeness (QED) is 0.747. The molecule has 2 aliphatic rings. The van der Waals surface area contributed by atoms with Gasteiger partial charge < -0.3 is 16.0 Å². The molecule has 1 aromatic carbocycles. The summed E-state index contributed by atoms with van der Waals surface area (Å²) in [5, 5.41) is 8.74. The van der Waals surface area contributed by atoms with Crippen molar-refractivity contribution in [1.29, 1.82) is 0 Å². The van der Waals surface area contributed by atoms with E-state index in [1.54, 1.807) is 0 Å². The number of carbonyl (C=O) groups excluding carboxylic acids is 2. The highest BCUT2D eigenvalue weighted by molar-refractivity contribution is 5.90. The normalized spacial score (nSPS) is 18.0. The Hall–Kier alpha value is -2.04. The average molecular weight is 329 g/mol. The molecule has 1 aromatic rings. The van der Waals surface area contributed by atoms with Crippen molar-refractivity contribution in [3.05, 3.63) is 29.8 Å². The van der Waals surface area contributed by atoms with Crippen LogP contribution in [0.4, 0.5) is 10.5 Å². The summed E-state index contributed by atoms with van der Waals surface area (Å²) < 4.78 is 0. The standard InChI is InChI=1S/C19H27N3O2/c23-18(21-15-6-2-1-3-7-15)12-13-20-19(24)22-17-9-5-4-8-16(17)14-10-11-14/h4-5,8-9,14-15H,1-3,6-7,10-13H2,(H,21,23)(H2,20,22,24). The minimum absolute atomic E-state index is 0.0283. The van der Waals surface area contributed by atoms with Crippen LogP contribution in [0.2, 0.25) is 0 Å². The lowest BCUT2D eigenvalue weighted by atomic mass is 9.95. The summed E-state index contributed by atoms with van der Waals surface area (Å²) in [5.74, 6) is 0.614. The summed E-state index contributed by atoms with van der Waals surface area (Å²) >= 11 is 0. The Morgan fingerprint density at radius 3 is 2.50 bits per heavy atom. The van der Waals surface area contributed by atoms with Crippen molar-refractivity contribution in [3.8, 4) is 0 Å². The summed E-state index contributed by atoms with van der Waals surface area (Å²) in [6.07, 6.45) is 8.56. The molecular formula is C19H27N3O2. The van der Waals surface area contributed by atoms with Crippen molar-refractivity contribution in [2.45, 2.75) is 63.3 Å². The Kier molecular flexibility index (Phi) is 5.72. The molecule has 0 unspecified atom stereocenters. The molecule has 3 rings (SSSR count). The molecule has 0 heterocycles. The fourth-order valence-corrected chi connectivity index (χ4v) is 3.36. The molecular weight excluding hydrogens is 302 g/mol. The first-order valence-electron chi connectivity index (χ1n) is 9.15. The smallest absolute Gasteiger partial charge is 0.319 e. The molecule has 0 radical (unpaired) electrons. The van der Waals surface area contributed by atoms with Crippen LogP contribution < -0.4 is 16.0 Å². The highest BCUT2D eigenvalue weighted by Crippen LogP contribution is 2.43. The Balaban J connectivity index is 1.37. The molecule has 0 aromatic heterocycles. The fraction of sp³-hybridized carbons (Fsp3) is 0.579. The number of nitrogens with one attached hydrogen (secondary N) is 3. The Morgan fingerprint density at radius 1 is 1.00 bits per heavy atom. The van der Waals surface area contributed by atoms with E-state index in [0.29, 0.717) is 24.9 Å². The van der Waals surface area contributed by atoms with Gasteiger partial charge in [0.1, 0.15) is 0 Å². The van der Waals surface area contributed by atoms with Gasteiger partial charge in [0.25, 0.3) is 0 Å². The van der Waals surface area contributed by atoms with Gasteiger partial charge in [-0.2, -0.15) is 0 Å². The highest BCUT2D eigenvalue weighted by Gasteiger charge is 2.26. The van der Waals surface area contributed by atoms with Gasteiger partial charge in [0.15, 0.2) is 0 Å². The maximum Gasteiger partial charge on any atom is 0.319 e. The van der Waals surface area contributed by atoms with E-state index in [0.717, 1.165) is 18.5 Å². The van der Waals surface area contributed by atoms with Crippen LogP contribution >= 0.6 is 0 Å². The van der Waals surface area contributed by atoms with Crippen LogP contribution in [0, 0.1) is 0 Å². The van der Waals surface area contributed by atoms with Crippen LogP contribution in [0.1, 0.15) is 62.8 Å². The average Bonchev–Trinajstić information content (AvgIpc) is 3.41. The van der Waals surface area contributed by atoms with Crippen LogP contribution in [-0.4, -0.2) is 24.5 Å². The lowest BCUT2D eigenvalue weighted by Crippen LogP contribution is -2.38. The Morgan fingerprint density at radius 2 is 1.75 bits per heavy atom. The van der Waals surface area contributed by atoms with Gasteiger partial charge in [-0.3, -0.25) is 4.79 Å². The minimum Gasteiger partial charge on any atom is -0.353 e. The number of hydrogen-bond acceptors (Lipinski definition) is 2. The fourth-order valence-electron chi connectivity index (χ4n) is 3.36. The van der Waals surface area contributed by atoms with E-state index in [4.69, 9.17) is 0 Å². The third-order valence-electron chi connectivity index (χ3n) is 4.83. The van der Waals surface area contributed by atoms with Crippen molar-refractivity contribution in [3.63, 3.8) is 0 Å². The number of amides is 3. The second-order valence-electron chi connectivity index (χ2n) is 6.89. The zero-order valence-corrected chi connectivity index (χ0v) is 14.1. The van der Waals surface area contributed by atoms with E-state index in [2.05, 4.69) is 22.0 Å². The topological polar surface area (TPSA) is 70.2 Å². The number of urea groups is 1. The molecule has 2 fully saturated rings. The van der Waals surface area contributed by atoms with E-state index >= 15 is 0 Å². The summed E-state index contributed by atoms with van der Waals surface area (Å²) in [5.41, 5.74) is 2.09. The van der Waals surface area contributed by atoms with Crippen LogP contribution in [-0.2, 0) is 4.79 Å². The summed E-state index contributed by atoms with van der Waals surface area (Å²) in [6, 6.07) is 8.03. The first-order valence-corrected chi connectivity index (χ1v) is 9.15. The monoisotopic (exact) mass is 329 g/mol. The minimum atomic E-state index is -0.242. The zero-order valence-electron chi connectivity index (χ0n) is 14.1. The Labute approximate surface area is 143 Å². The molecule has 0 aliphatic heterocycles. The van der Waals surface area contributed by atoms with Gasteiger partial charge in [-0.15, -0.1) is 0 Å². The summed E-state index contributed by atoms with van der Waals surface area (Å²) in [7, 11) is 0. The molecule has 3 N–H and O–H groups in total. The van der Waals surface area contributed by atoms with Crippen molar-refractivity contribution in [1.82, 2.24) is 10.6 Å². The second kappa shape index (κ2) is 8.18. The van der Waals surface area contributed by atoms with Crippen molar-refractivity contribution < 1.29 is 9.59 Å². The van der Waals surface area contributed by atoms with Gasteiger partial charge in [0.2, 0.25) is 5.91 Å². The van der Waals surface area contributed by atoms with Crippen molar-refractivity contribution >= 4 is 17.6 Å². The van der Waals surface area contributed by atoms with Crippen LogP contribution in [0.3, 0.4) is 0 Å². The highest BCUT2D eigenvalue weighted by atomic mass is 16.2. The second-order valence-corrected chi connectivity index (χ2v) is 6.89. The van der Waals surface area contributed by atoms with Gasteiger partial charge in [0, 0.05) is 24.7 Å². The molecule has 24 heavy (non-hydrogen) atoms. The largest absolute Gasteiger partial charge is 0.353 e. The number of anilines is 1. The maximum absolute atomic E-state index is 12.0. The van der Waals surface area contributed by atoms with Crippen molar-refractivity contribution in [2.75, 3.05) is 11.9 Å². The number of para-hydroxylation sites is 1. The van der Waals surface area contributed by atoms with Gasteiger partial charge in [-0.25, -0.2) is 4.79 Å². The molecule has 3 amide bonds. The predicted molar refractivity (Wildman–Crippen MR) is 95.1 cm³/mol. The number of benzene rings is 1. The first kappa shape index (κ1) is 16.8.